The van der Waals surface area contributed by atoms with Crippen molar-refractivity contribution in [3.05, 3.63) is 11.1 Å². The summed E-state index contributed by atoms with van der Waals surface area (Å²) in [5.74, 6) is 0.0276. The highest BCUT2D eigenvalue weighted by Crippen LogP contribution is 2.19. The summed E-state index contributed by atoms with van der Waals surface area (Å²) in [6.45, 7) is 3.61. The SMILES string of the molecule is CCNC(=O)CNCc1cnc(N(C)C)s1.Cl. The van der Waals surface area contributed by atoms with Crippen molar-refractivity contribution in [2.75, 3.05) is 32.1 Å². The number of likely N-dealkylation sites (N-methyl/N-ethyl adjacent to an activating group) is 1. The third-order valence-corrected chi connectivity index (χ3v) is 3.05. The Balaban J connectivity index is 0.00000256. The molecule has 1 heterocycles. The Bertz CT molecular complexity index is 343. The first kappa shape index (κ1) is 16.1. The molecule has 0 fully saturated rings. The van der Waals surface area contributed by atoms with Crippen LogP contribution >= 0.6 is 23.7 Å². The lowest BCUT2D eigenvalue weighted by Gasteiger charge is -2.05. The quantitative estimate of drug-likeness (QED) is 0.810. The number of rotatable bonds is 6. The van der Waals surface area contributed by atoms with Gasteiger partial charge in [0.15, 0.2) is 5.13 Å². The Morgan fingerprint density at radius 2 is 2.24 bits per heavy atom. The lowest BCUT2D eigenvalue weighted by atomic mass is 10.5. The van der Waals surface area contributed by atoms with E-state index in [0.717, 1.165) is 10.0 Å². The second kappa shape index (κ2) is 8.27. The third kappa shape index (κ3) is 5.86. The van der Waals surface area contributed by atoms with E-state index in [4.69, 9.17) is 0 Å². The number of thiazole rings is 1. The molecule has 1 aromatic heterocycles. The normalized spacial score (nSPS) is 9.59. The smallest absolute Gasteiger partial charge is 0.233 e. The molecule has 98 valence electrons. The van der Waals surface area contributed by atoms with Gasteiger partial charge in [0.1, 0.15) is 0 Å². The van der Waals surface area contributed by atoms with Gasteiger partial charge in [0.25, 0.3) is 0 Å². The maximum Gasteiger partial charge on any atom is 0.233 e. The fourth-order valence-electron chi connectivity index (χ4n) is 1.14. The molecule has 0 radical (unpaired) electrons. The van der Waals surface area contributed by atoms with Crippen LogP contribution in [-0.4, -0.2) is 38.1 Å². The van der Waals surface area contributed by atoms with E-state index in [9.17, 15) is 4.79 Å². The molecule has 0 aromatic carbocycles. The molecule has 17 heavy (non-hydrogen) atoms. The number of amides is 1. The van der Waals surface area contributed by atoms with Gasteiger partial charge in [0, 0.05) is 38.3 Å². The number of hydrogen-bond donors (Lipinski definition) is 2. The topological polar surface area (TPSA) is 57.3 Å². The van der Waals surface area contributed by atoms with Gasteiger partial charge in [-0.15, -0.1) is 23.7 Å². The van der Waals surface area contributed by atoms with Gasteiger partial charge in [0.05, 0.1) is 6.54 Å². The molecule has 0 saturated carbocycles. The van der Waals surface area contributed by atoms with E-state index in [0.29, 0.717) is 19.6 Å². The zero-order valence-corrected chi connectivity index (χ0v) is 12.0. The summed E-state index contributed by atoms with van der Waals surface area (Å²) in [5.41, 5.74) is 0. The van der Waals surface area contributed by atoms with E-state index in [1.54, 1.807) is 11.3 Å². The molecule has 0 spiro atoms. The van der Waals surface area contributed by atoms with E-state index >= 15 is 0 Å². The van der Waals surface area contributed by atoms with Gasteiger partial charge < -0.3 is 15.5 Å². The van der Waals surface area contributed by atoms with Gasteiger partial charge in [-0.3, -0.25) is 4.79 Å². The highest BCUT2D eigenvalue weighted by Gasteiger charge is 2.04. The molecule has 7 heteroatoms. The van der Waals surface area contributed by atoms with Crippen LogP contribution in [0.3, 0.4) is 0 Å². The minimum Gasteiger partial charge on any atom is -0.355 e. The molecule has 0 saturated heterocycles. The molecule has 2 N–H and O–H groups in total. The van der Waals surface area contributed by atoms with Crippen LogP contribution in [0, 0.1) is 0 Å². The van der Waals surface area contributed by atoms with Crippen molar-refractivity contribution in [1.82, 2.24) is 15.6 Å². The maximum atomic E-state index is 11.2. The molecule has 1 amide bonds. The summed E-state index contributed by atoms with van der Waals surface area (Å²) in [6, 6.07) is 0. The monoisotopic (exact) mass is 278 g/mol. The first-order valence-electron chi connectivity index (χ1n) is 5.23. The molecule has 0 atom stereocenters. The van der Waals surface area contributed by atoms with Crippen molar-refractivity contribution < 1.29 is 4.79 Å². The Labute approximate surface area is 112 Å². The molecule has 5 nitrogen and oxygen atoms in total. The van der Waals surface area contributed by atoms with Crippen LogP contribution in [0.4, 0.5) is 5.13 Å². The van der Waals surface area contributed by atoms with Crippen molar-refractivity contribution in [1.29, 1.82) is 0 Å². The second-order valence-electron chi connectivity index (χ2n) is 3.56. The van der Waals surface area contributed by atoms with Crippen LogP contribution in [0.2, 0.25) is 0 Å². The number of halogens is 1. The van der Waals surface area contributed by atoms with Crippen molar-refractivity contribution in [2.24, 2.45) is 0 Å². The highest BCUT2D eigenvalue weighted by molar-refractivity contribution is 7.15. The minimum absolute atomic E-state index is 0. The molecular formula is C10H19ClN4OS. The van der Waals surface area contributed by atoms with Gasteiger partial charge in [-0.25, -0.2) is 4.98 Å². The summed E-state index contributed by atoms with van der Waals surface area (Å²) in [5, 5.41) is 6.79. The predicted molar refractivity (Wildman–Crippen MR) is 74.1 cm³/mol. The van der Waals surface area contributed by atoms with Gasteiger partial charge in [-0.1, -0.05) is 0 Å². The molecule has 1 rings (SSSR count). The Morgan fingerprint density at radius 1 is 1.53 bits per heavy atom. The van der Waals surface area contributed by atoms with E-state index in [1.165, 1.54) is 0 Å². The average molecular weight is 279 g/mol. The summed E-state index contributed by atoms with van der Waals surface area (Å²) in [6.07, 6.45) is 1.84. The fourth-order valence-corrected chi connectivity index (χ4v) is 1.95. The Hall–Kier alpha value is -0.850. The molecule has 0 unspecified atom stereocenters. The second-order valence-corrected chi connectivity index (χ2v) is 4.65. The third-order valence-electron chi connectivity index (χ3n) is 1.88. The van der Waals surface area contributed by atoms with Crippen LogP contribution in [-0.2, 0) is 11.3 Å². The lowest BCUT2D eigenvalue weighted by molar-refractivity contribution is -0.120. The Morgan fingerprint density at radius 3 is 2.76 bits per heavy atom. The number of anilines is 1. The van der Waals surface area contributed by atoms with Crippen molar-refractivity contribution in [3.63, 3.8) is 0 Å². The van der Waals surface area contributed by atoms with Gasteiger partial charge in [0.2, 0.25) is 5.91 Å². The van der Waals surface area contributed by atoms with Crippen molar-refractivity contribution >= 4 is 34.8 Å². The largest absolute Gasteiger partial charge is 0.355 e. The van der Waals surface area contributed by atoms with Crippen molar-refractivity contribution in [2.45, 2.75) is 13.5 Å². The number of nitrogens with zero attached hydrogens (tertiary/aromatic N) is 2. The standard InChI is InChI=1S/C10H18N4OS.ClH/c1-4-12-9(15)7-11-5-8-6-13-10(16-8)14(2)3;/h6,11H,4-5,7H2,1-3H3,(H,12,15);1H. The fraction of sp³-hybridized carbons (Fsp3) is 0.600. The van der Waals surface area contributed by atoms with Gasteiger partial charge in [-0.2, -0.15) is 0 Å². The van der Waals surface area contributed by atoms with Crippen LogP contribution in [0.1, 0.15) is 11.8 Å². The number of carbonyl (C=O) groups excluding carboxylic acids is 1. The van der Waals surface area contributed by atoms with Gasteiger partial charge >= 0.3 is 0 Å². The molecule has 0 bridgehead atoms. The average Bonchev–Trinajstić information content (AvgIpc) is 2.67. The summed E-state index contributed by atoms with van der Waals surface area (Å²) < 4.78 is 0. The molecule has 0 aliphatic rings. The minimum atomic E-state index is 0. The number of carbonyl (C=O) groups is 1. The summed E-state index contributed by atoms with van der Waals surface area (Å²) in [7, 11) is 3.93. The van der Waals surface area contributed by atoms with Crippen LogP contribution in [0.5, 0.6) is 0 Å². The zero-order valence-electron chi connectivity index (χ0n) is 10.3. The number of hydrogen-bond acceptors (Lipinski definition) is 5. The highest BCUT2D eigenvalue weighted by atomic mass is 35.5. The maximum absolute atomic E-state index is 11.2. The van der Waals surface area contributed by atoms with E-state index < -0.39 is 0 Å². The molecule has 0 aliphatic heterocycles. The van der Waals surface area contributed by atoms with E-state index in [2.05, 4.69) is 15.6 Å². The predicted octanol–water partition coefficient (Wildman–Crippen LogP) is 0.857. The molecule has 1 aromatic rings. The zero-order chi connectivity index (χ0) is 12.0. The molecule has 0 aliphatic carbocycles. The van der Waals surface area contributed by atoms with Crippen LogP contribution in [0.15, 0.2) is 6.20 Å². The van der Waals surface area contributed by atoms with Crippen LogP contribution in [0.25, 0.3) is 0 Å². The number of aromatic nitrogens is 1. The first-order chi connectivity index (χ1) is 7.63. The number of nitrogens with one attached hydrogen (secondary N) is 2. The lowest BCUT2D eigenvalue weighted by Crippen LogP contribution is -2.33. The van der Waals surface area contributed by atoms with Crippen molar-refractivity contribution in [3.8, 4) is 0 Å². The molecular weight excluding hydrogens is 260 g/mol. The first-order valence-corrected chi connectivity index (χ1v) is 6.04. The van der Waals surface area contributed by atoms with E-state index in [1.807, 2.05) is 32.1 Å². The van der Waals surface area contributed by atoms with E-state index in [-0.39, 0.29) is 18.3 Å². The van der Waals surface area contributed by atoms with Gasteiger partial charge in [-0.05, 0) is 6.92 Å². The summed E-state index contributed by atoms with van der Waals surface area (Å²) in [4.78, 5) is 18.5. The van der Waals surface area contributed by atoms with Crippen LogP contribution < -0.4 is 15.5 Å². The summed E-state index contributed by atoms with van der Waals surface area (Å²) >= 11 is 1.63. The Kier molecular flexibility index (Phi) is 7.86.